The van der Waals surface area contributed by atoms with Crippen molar-refractivity contribution in [2.45, 2.75) is 83.5 Å². The molecule has 0 radical (unpaired) electrons. The van der Waals surface area contributed by atoms with E-state index in [0.29, 0.717) is 6.42 Å². The van der Waals surface area contributed by atoms with E-state index >= 15 is 0 Å². The zero-order chi connectivity index (χ0) is 18.1. The number of fused-ring (bicyclic) bond motifs is 1. The third kappa shape index (κ3) is 4.19. The molecule has 0 aromatic rings. The lowest BCUT2D eigenvalue weighted by atomic mass is 9.84. The Bertz CT molecular complexity index is 514. The first-order valence-corrected chi connectivity index (χ1v) is 8.64. The van der Waals surface area contributed by atoms with Crippen molar-refractivity contribution in [2.75, 3.05) is 0 Å². The van der Waals surface area contributed by atoms with E-state index < -0.39 is 29.7 Å². The minimum atomic E-state index is -0.970. The minimum absolute atomic E-state index is 0.0322. The minimum Gasteiger partial charge on any atom is -0.480 e. The maximum Gasteiger partial charge on any atom is 0.408 e. The van der Waals surface area contributed by atoms with Crippen molar-refractivity contribution >= 4 is 18.0 Å². The molecule has 0 aromatic heterocycles. The third-order valence-corrected chi connectivity index (χ3v) is 4.73. The van der Waals surface area contributed by atoms with Gasteiger partial charge in [0.1, 0.15) is 17.7 Å². The molecule has 1 saturated carbocycles. The number of hydrogen-bond donors (Lipinski definition) is 2. The van der Waals surface area contributed by atoms with Crippen LogP contribution in [0, 0.1) is 5.92 Å². The molecule has 24 heavy (non-hydrogen) atoms. The first-order chi connectivity index (χ1) is 11.1. The fraction of sp³-hybridized carbons (Fsp3) is 0.824. The summed E-state index contributed by atoms with van der Waals surface area (Å²) in [6.07, 6.45) is 3.72. The number of alkyl carbamates (subject to hydrolysis) is 1. The molecule has 136 valence electrons. The SMILES string of the molecule is CC(NC(=O)OC(C)(C)C)C(=O)N1C(C(=O)O)CC2CCCCC21. The molecule has 4 unspecified atom stereocenters. The summed E-state index contributed by atoms with van der Waals surface area (Å²) < 4.78 is 5.16. The summed E-state index contributed by atoms with van der Waals surface area (Å²) in [6, 6.07) is -1.65. The predicted octanol–water partition coefficient (Wildman–Crippen LogP) is 2.14. The molecule has 7 heteroatoms. The average molecular weight is 340 g/mol. The van der Waals surface area contributed by atoms with Gasteiger partial charge in [0, 0.05) is 6.04 Å². The molecule has 2 rings (SSSR count). The maximum absolute atomic E-state index is 12.8. The zero-order valence-electron chi connectivity index (χ0n) is 14.9. The van der Waals surface area contributed by atoms with Crippen LogP contribution in [0.15, 0.2) is 0 Å². The summed E-state index contributed by atoms with van der Waals surface area (Å²) in [6.45, 7) is 6.80. The van der Waals surface area contributed by atoms with Crippen molar-refractivity contribution in [3.05, 3.63) is 0 Å². The number of rotatable bonds is 3. The van der Waals surface area contributed by atoms with Crippen LogP contribution in [0.2, 0.25) is 0 Å². The summed E-state index contributed by atoms with van der Waals surface area (Å²) in [7, 11) is 0. The van der Waals surface area contributed by atoms with E-state index in [0.717, 1.165) is 25.7 Å². The van der Waals surface area contributed by atoms with Crippen LogP contribution in [0.5, 0.6) is 0 Å². The first-order valence-electron chi connectivity index (χ1n) is 8.64. The lowest BCUT2D eigenvalue weighted by molar-refractivity contribution is -0.150. The fourth-order valence-electron chi connectivity index (χ4n) is 3.77. The first kappa shape index (κ1) is 18.5. The highest BCUT2D eigenvalue weighted by molar-refractivity contribution is 5.90. The monoisotopic (exact) mass is 340 g/mol. The molecule has 2 amide bonds. The number of ether oxygens (including phenoxy) is 1. The quantitative estimate of drug-likeness (QED) is 0.820. The number of aliphatic carboxylic acids is 1. The number of hydrogen-bond acceptors (Lipinski definition) is 4. The second kappa shape index (κ2) is 6.99. The van der Waals surface area contributed by atoms with Gasteiger partial charge in [-0.05, 0) is 52.9 Å². The van der Waals surface area contributed by atoms with Crippen LogP contribution >= 0.6 is 0 Å². The highest BCUT2D eigenvalue weighted by Crippen LogP contribution is 2.40. The lowest BCUT2D eigenvalue weighted by Crippen LogP contribution is -2.54. The van der Waals surface area contributed by atoms with Gasteiger partial charge in [-0.2, -0.15) is 0 Å². The van der Waals surface area contributed by atoms with Crippen molar-refractivity contribution in [1.82, 2.24) is 10.2 Å². The van der Waals surface area contributed by atoms with Crippen LogP contribution in [-0.4, -0.2) is 51.7 Å². The number of nitrogens with zero attached hydrogens (tertiary/aromatic N) is 1. The van der Waals surface area contributed by atoms with Gasteiger partial charge in [0.15, 0.2) is 0 Å². The number of carboxylic acids is 1. The number of amides is 2. The average Bonchev–Trinajstić information content (AvgIpc) is 2.83. The van der Waals surface area contributed by atoms with Gasteiger partial charge >= 0.3 is 12.1 Å². The molecule has 1 aliphatic carbocycles. The predicted molar refractivity (Wildman–Crippen MR) is 87.5 cm³/mol. The molecular formula is C17H28N2O5. The largest absolute Gasteiger partial charge is 0.480 e. The molecule has 1 saturated heterocycles. The highest BCUT2D eigenvalue weighted by atomic mass is 16.6. The maximum atomic E-state index is 12.8. The molecule has 4 atom stereocenters. The second-order valence-electron chi connectivity index (χ2n) is 7.82. The summed E-state index contributed by atoms with van der Waals surface area (Å²) in [5, 5.41) is 12.0. The number of carbonyl (C=O) groups is 3. The summed E-state index contributed by atoms with van der Waals surface area (Å²) in [5.41, 5.74) is -0.654. The Morgan fingerprint density at radius 3 is 2.42 bits per heavy atom. The molecule has 0 spiro atoms. The van der Waals surface area contributed by atoms with Crippen LogP contribution in [0.3, 0.4) is 0 Å². The topological polar surface area (TPSA) is 95.9 Å². The number of carbonyl (C=O) groups excluding carboxylic acids is 2. The van der Waals surface area contributed by atoms with E-state index in [1.54, 1.807) is 27.7 Å². The van der Waals surface area contributed by atoms with Crippen LogP contribution in [0.25, 0.3) is 0 Å². The van der Waals surface area contributed by atoms with Gasteiger partial charge < -0.3 is 20.1 Å². The summed E-state index contributed by atoms with van der Waals surface area (Å²) >= 11 is 0. The van der Waals surface area contributed by atoms with Gasteiger partial charge in [0.2, 0.25) is 5.91 Å². The fourth-order valence-corrected chi connectivity index (χ4v) is 3.77. The number of nitrogens with one attached hydrogen (secondary N) is 1. The van der Waals surface area contributed by atoms with Gasteiger partial charge in [-0.25, -0.2) is 9.59 Å². The van der Waals surface area contributed by atoms with Crippen LogP contribution in [-0.2, 0) is 14.3 Å². The van der Waals surface area contributed by atoms with Crippen molar-refractivity contribution in [2.24, 2.45) is 5.92 Å². The van der Waals surface area contributed by atoms with Gasteiger partial charge in [-0.3, -0.25) is 4.79 Å². The summed E-state index contributed by atoms with van der Waals surface area (Å²) in [5.74, 6) is -1.07. The van der Waals surface area contributed by atoms with Crippen LogP contribution in [0.1, 0.15) is 59.8 Å². The Labute approximate surface area is 142 Å². The Balaban J connectivity index is 2.07. The highest BCUT2D eigenvalue weighted by Gasteiger charge is 2.48. The van der Waals surface area contributed by atoms with E-state index in [1.807, 2.05) is 0 Å². The second-order valence-corrected chi connectivity index (χ2v) is 7.82. The number of likely N-dealkylation sites (tertiary alicyclic amines) is 1. The van der Waals surface area contributed by atoms with Gasteiger partial charge in [-0.1, -0.05) is 12.8 Å². The normalized spacial score (nSPS) is 28.0. The standard InChI is InChI=1S/C17H28N2O5/c1-10(18-16(23)24-17(2,3)4)14(20)19-12-8-6-5-7-11(12)9-13(19)15(21)22/h10-13H,5-9H2,1-4H3,(H,18,23)(H,21,22). The molecule has 2 N–H and O–H groups in total. The van der Waals surface area contributed by atoms with Crippen LogP contribution in [0.4, 0.5) is 4.79 Å². The molecule has 2 aliphatic rings. The van der Waals surface area contributed by atoms with Crippen molar-refractivity contribution in [1.29, 1.82) is 0 Å². The molecule has 0 aromatic carbocycles. The van der Waals surface area contributed by atoms with Crippen molar-refractivity contribution < 1.29 is 24.2 Å². The van der Waals surface area contributed by atoms with E-state index in [9.17, 15) is 19.5 Å². The molecule has 0 bridgehead atoms. The van der Waals surface area contributed by atoms with Gasteiger partial charge in [0.25, 0.3) is 0 Å². The Morgan fingerprint density at radius 2 is 1.83 bits per heavy atom. The summed E-state index contributed by atoms with van der Waals surface area (Å²) in [4.78, 5) is 37.8. The van der Waals surface area contributed by atoms with Crippen LogP contribution < -0.4 is 5.32 Å². The molecular weight excluding hydrogens is 312 g/mol. The van der Waals surface area contributed by atoms with Crippen molar-refractivity contribution in [3.63, 3.8) is 0 Å². The zero-order valence-corrected chi connectivity index (χ0v) is 14.9. The molecule has 1 heterocycles. The third-order valence-electron chi connectivity index (χ3n) is 4.73. The number of carboxylic acid groups (broad SMARTS) is 1. The van der Waals surface area contributed by atoms with E-state index in [4.69, 9.17) is 4.74 Å². The molecule has 2 fully saturated rings. The van der Waals surface area contributed by atoms with Gasteiger partial charge in [-0.15, -0.1) is 0 Å². The Hall–Kier alpha value is -1.79. The van der Waals surface area contributed by atoms with E-state index in [-0.39, 0.29) is 17.9 Å². The smallest absolute Gasteiger partial charge is 0.408 e. The van der Waals surface area contributed by atoms with E-state index in [2.05, 4.69) is 5.32 Å². The molecule has 7 nitrogen and oxygen atoms in total. The Kier molecular flexibility index (Phi) is 5.40. The van der Waals surface area contributed by atoms with E-state index in [1.165, 1.54) is 4.90 Å². The van der Waals surface area contributed by atoms with Crippen molar-refractivity contribution in [3.8, 4) is 0 Å². The Morgan fingerprint density at radius 1 is 1.21 bits per heavy atom. The molecule has 1 aliphatic heterocycles. The lowest BCUT2D eigenvalue weighted by Gasteiger charge is -2.34. The van der Waals surface area contributed by atoms with Gasteiger partial charge in [0.05, 0.1) is 0 Å².